The molecule has 3 unspecified atom stereocenters. The number of hydrogen-bond acceptors (Lipinski definition) is 4. The molecule has 0 aliphatic carbocycles. The van der Waals surface area contributed by atoms with Crippen molar-refractivity contribution in [2.45, 2.75) is 63.1 Å². The highest BCUT2D eigenvalue weighted by Crippen LogP contribution is 2.25. The SMILES string of the molecule is CC(C)NC(C)(C#N)CC(C)SC(C)CO. The van der Waals surface area contributed by atoms with Crippen LogP contribution in [0.3, 0.4) is 0 Å². The number of rotatable bonds is 7. The van der Waals surface area contributed by atoms with E-state index in [0.29, 0.717) is 11.3 Å². The maximum absolute atomic E-state index is 9.20. The van der Waals surface area contributed by atoms with Crippen LogP contribution >= 0.6 is 11.8 Å². The molecule has 0 aliphatic heterocycles. The molecule has 4 heteroatoms. The first-order valence-electron chi connectivity index (χ1n) is 5.78. The van der Waals surface area contributed by atoms with Crippen molar-refractivity contribution < 1.29 is 5.11 Å². The molecule has 94 valence electrons. The van der Waals surface area contributed by atoms with Crippen molar-refractivity contribution in [3.05, 3.63) is 0 Å². The van der Waals surface area contributed by atoms with Gasteiger partial charge in [-0.2, -0.15) is 17.0 Å². The van der Waals surface area contributed by atoms with Crippen LogP contribution in [0.2, 0.25) is 0 Å². The smallest absolute Gasteiger partial charge is 0.105 e. The molecule has 0 rings (SSSR count). The third-order valence-electron chi connectivity index (χ3n) is 2.27. The minimum atomic E-state index is -0.476. The normalized spacial score (nSPS) is 18.9. The fourth-order valence-electron chi connectivity index (χ4n) is 1.84. The zero-order valence-corrected chi connectivity index (χ0v) is 11.8. The van der Waals surface area contributed by atoms with Gasteiger partial charge in [-0.15, -0.1) is 0 Å². The summed E-state index contributed by atoms with van der Waals surface area (Å²) < 4.78 is 0. The molecule has 0 fully saturated rings. The van der Waals surface area contributed by atoms with Crippen molar-refractivity contribution in [2.75, 3.05) is 6.61 Å². The summed E-state index contributed by atoms with van der Waals surface area (Å²) in [6.45, 7) is 10.3. The second kappa shape index (κ2) is 7.16. The molecule has 0 saturated heterocycles. The third kappa shape index (κ3) is 6.37. The molecule has 0 saturated carbocycles. The highest BCUT2D eigenvalue weighted by atomic mass is 32.2. The summed E-state index contributed by atoms with van der Waals surface area (Å²) in [7, 11) is 0. The van der Waals surface area contributed by atoms with E-state index in [4.69, 9.17) is 5.11 Å². The number of nitrogens with zero attached hydrogens (tertiary/aromatic N) is 1. The monoisotopic (exact) mass is 244 g/mol. The fraction of sp³-hybridized carbons (Fsp3) is 0.917. The summed E-state index contributed by atoms with van der Waals surface area (Å²) in [6, 6.07) is 2.65. The quantitative estimate of drug-likeness (QED) is 0.720. The Hall–Kier alpha value is -0.240. The number of aliphatic hydroxyl groups excluding tert-OH is 1. The zero-order chi connectivity index (χ0) is 12.8. The van der Waals surface area contributed by atoms with Crippen molar-refractivity contribution in [3.63, 3.8) is 0 Å². The lowest BCUT2D eigenvalue weighted by Gasteiger charge is -2.29. The first kappa shape index (κ1) is 15.8. The molecular weight excluding hydrogens is 220 g/mol. The van der Waals surface area contributed by atoms with E-state index in [1.54, 1.807) is 11.8 Å². The summed E-state index contributed by atoms with van der Waals surface area (Å²) >= 11 is 1.73. The van der Waals surface area contributed by atoms with E-state index in [2.05, 4.69) is 18.3 Å². The Kier molecular flexibility index (Phi) is 7.05. The maximum Gasteiger partial charge on any atom is 0.105 e. The van der Waals surface area contributed by atoms with Gasteiger partial charge in [0.25, 0.3) is 0 Å². The average Bonchev–Trinajstić information content (AvgIpc) is 2.15. The van der Waals surface area contributed by atoms with Crippen molar-refractivity contribution in [1.82, 2.24) is 5.32 Å². The number of nitriles is 1. The van der Waals surface area contributed by atoms with Gasteiger partial charge in [-0.3, -0.25) is 5.32 Å². The van der Waals surface area contributed by atoms with Gasteiger partial charge in [-0.1, -0.05) is 13.8 Å². The van der Waals surface area contributed by atoms with E-state index >= 15 is 0 Å². The fourth-order valence-corrected chi connectivity index (χ4v) is 3.15. The van der Waals surface area contributed by atoms with Gasteiger partial charge in [0.05, 0.1) is 12.7 Å². The summed E-state index contributed by atoms with van der Waals surface area (Å²) in [4.78, 5) is 0. The van der Waals surface area contributed by atoms with Crippen molar-refractivity contribution in [1.29, 1.82) is 5.26 Å². The molecule has 0 aromatic rings. The minimum absolute atomic E-state index is 0.190. The number of hydrogen-bond donors (Lipinski definition) is 2. The van der Waals surface area contributed by atoms with Crippen molar-refractivity contribution in [2.24, 2.45) is 0 Å². The predicted molar refractivity (Wildman–Crippen MR) is 70.5 cm³/mol. The highest BCUT2D eigenvalue weighted by Gasteiger charge is 2.27. The summed E-state index contributed by atoms with van der Waals surface area (Å²) in [6.07, 6.45) is 0.788. The van der Waals surface area contributed by atoms with Gasteiger partial charge >= 0.3 is 0 Å². The number of nitrogens with one attached hydrogen (secondary N) is 1. The van der Waals surface area contributed by atoms with Gasteiger partial charge in [-0.05, 0) is 27.2 Å². The van der Waals surface area contributed by atoms with E-state index in [1.165, 1.54) is 0 Å². The van der Waals surface area contributed by atoms with Crippen LogP contribution in [-0.2, 0) is 0 Å². The summed E-state index contributed by atoms with van der Waals surface area (Å²) in [5, 5.41) is 22.1. The summed E-state index contributed by atoms with van der Waals surface area (Å²) in [5.74, 6) is 0. The summed E-state index contributed by atoms with van der Waals surface area (Å²) in [5.41, 5.74) is -0.476. The minimum Gasteiger partial charge on any atom is -0.395 e. The van der Waals surface area contributed by atoms with Crippen LogP contribution in [-0.4, -0.2) is 33.8 Å². The zero-order valence-electron chi connectivity index (χ0n) is 10.9. The van der Waals surface area contributed by atoms with E-state index in [9.17, 15) is 5.26 Å². The number of aliphatic hydroxyl groups is 1. The second-order valence-electron chi connectivity index (χ2n) is 4.89. The van der Waals surface area contributed by atoms with Crippen LogP contribution in [0.5, 0.6) is 0 Å². The lowest BCUT2D eigenvalue weighted by atomic mass is 9.97. The Morgan fingerprint density at radius 3 is 2.25 bits per heavy atom. The molecule has 0 radical (unpaired) electrons. The highest BCUT2D eigenvalue weighted by molar-refractivity contribution is 8.00. The molecule has 0 aromatic heterocycles. The van der Waals surface area contributed by atoms with E-state index < -0.39 is 5.54 Å². The van der Waals surface area contributed by atoms with Gasteiger partial charge < -0.3 is 5.11 Å². The van der Waals surface area contributed by atoms with Gasteiger partial charge in [-0.25, -0.2) is 0 Å². The molecule has 3 nitrogen and oxygen atoms in total. The Bertz CT molecular complexity index is 240. The van der Waals surface area contributed by atoms with E-state index in [-0.39, 0.29) is 11.9 Å². The van der Waals surface area contributed by atoms with Crippen LogP contribution in [0, 0.1) is 11.3 Å². The van der Waals surface area contributed by atoms with Crippen LogP contribution in [0.15, 0.2) is 0 Å². The van der Waals surface area contributed by atoms with Crippen molar-refractivity contribution >= 4 is 11.8 Å². The molecule has 0 aromatic carbocycles. The number of thioether (sulfide) groups is 1. The van der Waals surface area contributed by atoms with E-state index in [0.717, 1.165) is 6.42 Å². The Morgan fingerprint density at radius 2 is 1.88 bits per heavy atom. The lowest BCUT2D eigenvalue weighted by Crippen LogP contribution is -2.46. The van der Waals surface area contributed by atoms with Gasteiger partial charge in [0.1, 0.15) is 5.54 Å². The van der Waals surface area contributed by atoms with Crippen LogP contribution in [0.25, 0.3) is 0 Å². The van der Waals surface area contributed by atoms with Crippen molar-refractivity contribution in [3.8, 4) is 6.07 Å². The largest absolute Gasteiger partial charge is 0.395 e. The van der Waals surface area contributed by atoms with Crippen LogP contribution in [0.1, 0.15) is 41.0 Å². The molecule has 3 atom stereocenters. The lowest BCUT2D eigenvalue weighted by molar-refractivity contribution is 0.299. The Morgan fingerprint density at radius 1 is 1.31 bits per heavy atom. The Labute approximate surface area is 104 Å². The van der Waals surface area contributed by atoms with E-state index in [1.807, 2.05) is 27.7 Å². The molecular formula is C12H24N2OS. The Balaban J connectivity index is 4.26. The molecule has 16 heavy (non-hydrogen) atoms. The van der Waals surface area contributed by atoms with Gasteiger partial charge in [0.15, 0.2) is 0 Å². The van der Waals surface area contributed by atoms with Crippen LogP contribution < -0.4 is 5.32 Å². The van der Waals surface area contributed by atoms with Crippen LogP contribution in [0.4, 0.5) is 0 Å². The average molecular weight is 244 g/mol. The second-order valence-corrected chi connectivity index (χ2v) is 6.77. The first-order valence-corrected chi connectivity index (χ1v) is 6.72. The standard InChI is InChI=1S/C12H24N2OS/c1-9(2)14-12(5,8-13)6-10(3)16-11(4)7-15/h9-11,14-15H,6-7H2,1-5H3. The van der Waals surface area contributed by atoms with Gasteiger partial charge in [0, 0.05) is 16.5 Å². The molecule has 0 aliphatic rings. The van der Waals surface area contributed by atoms with Gasteiger partial charge in [0.2, 0.25) is 0 Å². The molecule has 0 amide bonds. The predicted octanol–water partition coefficient (Wildman–Crippen LogP) is 2.16. The molecule has 0 heterocycles. The molecule has 0 bridgehead atoms. The third-order valence-corrected chi connectivity index (χ3v) is 3.52. The molecule has 0 spiro atoms. The topological polar surface area (TPSA) is 56.0 Å². The maximum atomic E-state index is 9.20. The molecule has 2 N–H and O–H groups in total. The first-order chi connectivity index (χ1) is 7.33.